The molecule has 0 fully saturated rings. The molecule has 4 rings (SSSR count). The van der Waals surface area contributed by atoms with Crippen molar-refractivity contribution in [3.63, 3.8) is 0 Å². The molecule has 2 aromatic heterocycles. The topological polar surface area (TPSA) is 51.9 Å². The first-order valence-electron chi connectivity index (χ1n) is 9.12. The van der Waals surface area contributed by atoms with Crippen molar-refractivity contribution >= 4 is 16.8 Å². The van der Waals surface area contributed by atoms with E-state index in [4.69, 9.17) is 0 Å². The maximum Gasteiger partial charge on any atom is 0.222 e. The number of para-hydroxylation sites is 1. The van der Waals surface area contributed by atoms with Gasteiger partial charge in [0.1, 0.15) is 0 Å². The number of carbonyl (C=O) groups is 1. The molecule has 2 heterocycles. The van der Waals surface area contributed by atoms with Crippen molar-refractivity contribution in [2.45, 2.75) is 26.1 Å². The lowest BCUT2D eigenvalue weighted by Gasteiger charge is -2.09. The number of carbonyl (C=O) groups excluding carboxylic acids is 1. The van der Waals surface area contributed by atoms with Crippen molar-refractivity contribution in [2.75, 3.05) is 0 Å². The summed E-state index contributed by atoms with van der Waals surface area (Å²) in [6.45, 7) is 2.01. The van der Waals surface area contributed by atoms with E-state index in [2.05, 4.69) is 45.2 Å². The van der Waals surface area contributed by atoms with E-state index in [9.17, 15) is 4.79 Å². The Morgan fingerprint density at radius 3 is 2.78 bits per heavy atom. The van der Waals surface area contributed by atoms with E-state index in [1.54, 1.807) is 12.5 Å². The monoisotopic (exact) mass is 358 g/mol. The molecule has 5 nitrogen and oxygen atoms in total. The fourth-order valence-electron chi connectivity index (χ4n) is 3.28. The summed E-state index contributed by atoms with van der Waals surface area (Å²) in [4.78, 5) is 16.3. The number of benzene rings is 2. The lowest BCUT2D eigenvalue weighted by molar-refractivity contribution is -0.121. The Bertz CT molecular complexity index is 1030. The quantitative estimate of drug-likeness (QED) is 0.549. The summed E-state index contributed by atoms with van der Waals surface area (Å²) in [5.74, 6) is 0.0628. The van der Waals surface area contributed by atoms with Crippen LogP contribution < -0.4 is 5.32 Å². The number of imidazole rings is 1. The third-order valence-electron chi connectivity index (χ3n) is 4.67. The average molecular weight is 358 g/mol. The number of aryl methyl sites for hydroxylation is 1. The summed E-state index contributed by atoms with van der Waals surface area (Å²) in [7, 11) is 0. The summed E-state index contributed by atoms with van der Waals surface area (Å²) in [5.41, 5.74) is 3.46. The Morgan fingerprint density at radius 1 is 1.00 bits per heavy atom. The molecule has 0 bridgehead atoms. The number of amides is 1. The zero-order chi connectivity index (χ0) is 18.5. The first-order chi connectivity index (χ1) is 13.3. The van der Waals surface area contributed by atoms with Gasteiger partial charge in [-0.05, 0) is 28.6 Å². The van der Waals surface area contributed by atoms with Gasteiger partial charge in [-0.1, -0.05) is 42.5 Å². The van der Waals surface area contributed by atoms with Crippen molar-refractivity contribution in [1.82, 2.24) is 19.4 Å². The molecular weight excluding hydrogens is 336 g/mol. The van der Waals surface area contributed by atoms with E-state index in [1.165, 1.54) is 10.9 Å². The van der Waals surface area contributed by atoms with Crippen molar-refractivity contribution < 1.29 is 4.79 Å². The molecule has 2 aromatic carbocycles. The SMILES string of the molecule is O=C(CCn1ccc2ccccc21)NCc1cccc(Cn2ccnc2)c1. The van der Waals surface area contributed by atoms with Crippen LogP contribution in [0.15, 0.2) is 79.5 Å². The standard InChI is InChI=1S/C22H22N4O/c27-22(9-12-26-11-8-20-6-1-2-7-21(20)26)24-15-18-4-3-5-19(14-18)16-25-13-10-23-17-25/h1-8,10-11,13-14,17H,9,12,15-16H2,(H,24,27). The van der Waals surface area contributed by atoms with Gasteiger partial charge >= 0.3 is 0 Å². The van der Waals surface area contributed by atoms with Crippen molar-refractivity contribution in [1.29, 1.82) is 0 Å². The molecule has 0 aliphatic carbocycles. The largest absolute Gasteiger partial charge is 0.352 e. The minimum absolute atomic E-state index is 0.0628. The molecule has 0 saturated carbocycles. The lowest BCUT2D eigenvalue weighted by atomic mass is 10.1. The van der Waals surface area contributed by atoms with Gasteiger partial charge in [-0.2, -0.15) is 0 Å². The third kappa shape index (κ3) is 4.26. The third-order valence-corrected chi connectivity index (χ3v) is 4.67. The van der Waals surface area contributed by atoms with E-state index in [1.807, 2.05) is 41.2 Å². The molecule has 0 unspecified atom stereocenters. The van der Waals surface area contributed by atoms with Crippen LogP contribution in [0, 0.1) is 0 Å². The highest BCUT2D eigenvalue weighted by atomic mass is 16.1. The van der Waals surface area contributed by atoms with Crippen molar-refractivity contribution in [3.05, 3.63) is 90.6 Å². The van der Waals surface area contributed by atoms with Crippen LogP contribution in [0.1, 0.15) is 17.5 Å². The number of rotatable bonds is 7. The van der Waals surface area contributed by atoms with Crippen molar-refractivity contribution in [2.24, 2.45) is 0 Å². The van der Waals surface area contributed by atoms with Crippen LogP contribution in [-0.4, -0.2) is 20.0 Å². The van der Waals surface area contributed by atoms with E-state index >= 15 is 0 Å². The molecule has 0 spiro atoms. The average Bonchev–Trinajstić information content (AvgIpc) is 3.35. The second-order valence-electron chi connectivity index (χ2n) is 6.65. The van der Waals surface area contributed by atoms with Gasteiger partial charge in [-0.3, -0.25) is 4.79 Å². The number of hydrogen-bond donors (Lipinski definition) is 1. The fraction of sp³-hybridized carbons (Fsp3) is 0.182. The highest BCUT2D eigenvalue weighted by molar-refractivity contribution is 5.80. The Hall–Kier alpha value is -3.34. The Balaban J connectivity index is 1.30. The normalized spacial score (nSPS) is 11.0. The second kappa shape index (κ2) is 7.91. The van der Waals surface area contributed by atoms with Gasteiger partial charge in [-0.25, -0.2) is 4.98 Å². The molecule has 136 valence electrons. The Morgan fingerprint density at radius 2 is 1.89 bits per heavy atom. The highest BCUT2D eigenvalue weighted by Crippen LogP contribution is 2.15. The van der Waals surface area contributed by atoms with E-state index in [0.717, 1.165) is 17.6 Å². The first-order valence-corrected chi connectivity index (χ1v) is 9.12. The summed E-state index contributed by atoms with van der Waals surface area (Å²) in [6.07, 6.45) is 8.03. The summed E-state index contributed by atoms with van der Waals surface area (Å²) >= 11 is 0. The van der Waals surface area contributed by atoms with Crippen LogP contribution in [-0.2, 0) is 24.4 Å². The number of aromatic nitrogens is 3. The van der Waals surface area contributed by atoms with Crippen LogP contribution in [0.4, 0.5) is 0 Å². The Kier molecular flexibility index (Phi) is 5.01. The lowest BCUT2D eigenvalue weighted by Crippen LogP contribution is -2.23. The van der Waals surface area contributed by atoms with Crippen LogP contribution in [0.5, 0.6) is 0 Å². The molecule has 0 radical (unpaired) electrons. The van der Waals surface area contributed by atoms with Gasteiger partial charge in [0.25, 0.3) is 0 Å². The number of nitrogens with one attached hydrogen (secondary N) is 1. The van der Waals surface area contributed by atoms with Gasteiger partial charge in [0.15, 0.2) is 0 Å². The predicted octanol–water partition coefficient (Wildman–Crippen LogP) is 3.59. The van der Waals surface area contributed by atoms with E-state index < -0.39 is 0 Å². The molecule has 1 N–H and O–H groups in total. The van der Waals surface area contributed by atoms with Gasteiger partial charge in [0.2, 0.25) is 5.91 Å². The molecule has 5 heteroatoms. The van der Waals surface area contributed by atoms with Gasteiger partial charge in [0.05, 0.1) is 6.33 Å². The summed E-state index contributed by atoms with van der Waals surface area (Å²) in [5, 5.41) is 4.23. The van der Waals surface area contributed by atoms with E-state index in [0.29, 0.717) is 19.5 Å². The summed E-state index contributed by atoms with van der Waals surface area (Å²) in [6, 6.07) is 18.6. The van der Waals surface area contributed by atoms with Gasteiger partial charge in [-0.15, -0.1) is 0 Å². The molecular formula is C22H22N4O. The van der Waals surface area contributed by atoms with Crippen LogP contribution in [0.3, 0.4) is 0 Å². The molecule has 27 heavy (non-hydrogen) atoms. The van der Waals surface area contributed by atoms with E-state index in [-0.39, 0.29) is 5.91 Å². The fourth-order valence-corrected chi connectivity index (χ4v) is 3.28. The van der Waals surface area contributed by atoms with Gasteiger partial charge in [0, 0.05) is 50.2 Å². The molecule has 4 aromatic rings. The molecule has 0 aliphatic rings. The van der Waals surface area contributed by atoms with Crippen LogP contribution in [0.25, 0.3) is 10.9 Å². The first kappa shape index (κ1) is 17.1. The highest BCUT2D eigenvalue weighted by Gasteiger charge is 2.05. The Labute approximate surface area is 158 Å². The zero-order valence-corrected chi connectivity index (χ0v) is 15.1. The maximum atomic E-state index is 12.3. The summed E-state index contributed by atoms with van der Waals surface area (Å²) < 4.78 is 4.15. The molecule has 0 aliphatic heterocycles. The minimum Gasteiger partial charge on any atom is -0.352 e. The number of fused-ring (bicyclic) bond motifs is 1. The molecule has 1 amide bonds. The smallest absolute Gasteiger partial charge is 0.222 e. The number of nitrogens with zero attached hydrogens (tertiary/aromatic N) is 3. The predicted molar refractivity (Wildman–Crippen MR) is 106 cm³/mol. The number of hydrogen-bond acceptors (Lipinski definition) is 2. The molecule has 0 saturated heterocycles. The minimum atomic E-state index is 0.0628. The second-order valence-corrected chi connectivity index (χ2v) is 6.65. The molecule has 0 atom stereocenters. The van der Waals surface area contributed by atoms with Crippen molar-refractivity contribution in [3.8, 4) is 0 Å². The zero-order valence-electron chi connectivity index (χ0n) is 15.1. The van der Waals surface area contributed by atoms with Gasteiger partial charge < -0.3 is 14.5 Å². The maximum absolute atomic E-state index is 12.3. The van der Waals surface area contributed by atoms with Crippen LogP contribution >= 0.6 is 0 Å². The van der Waals surface area contributed by atoms with Crippen LogP contribution in [0.2, 0.25) is 0 Å².